The molecule has 1 fully saturated rings. The molecule has 0 spiro atoms. The Bertz CT molecular complexity index is 686. The summed E-state index contributed by atoms with van der Waals surface area (Å²) in [6.45, 7) is 0.0200. The fourth-order valence-corrected chi connectivity index (χ4v) is 3.43. The molecule has 1 aromatic carbocycles. The lowest BCUT2D eigenvalue weighted by atomic mass is 10.1. The van der Waals surface area contributed by atoms with Crippen molar-refractivity contribution < 1.29 is 27.9 Å². The number of carbonyl (C=O) groups excluding carboxylic acids is 1. The molecule has 0 radical (unpaired) electrons. The zero-order chi connectivity index (χ0) is 17.0. The molecular weight excluding hydrogens is 324 g/mol. The molecule has 1 atom stereocenters. The Morgan fingerprint density at radius 1 is 1.30 bits per heavy atom. The van der Waals surface area contributed by atoms with Crippen LogP contribution in [0.1, 0.15) is 23.2 Å². The van der Waals surface area contributed by atoms with Gasteiger partial charge in [-0.15, -0.1) is 0 Å². The maximum atomic E-state index is 12.5. The molecule has 2 rings (SSSR count). The van der Waals surface area contributed by atoms with Crippen LogP contribution in [0.15, 0.2) is 24.3 Å². The first-order valence-electron chi connectivity index (χ1n) is 7.02. The number of carboxylic acid groups (broad SMARTS) is 1. The number of hydrogen-bond donors (Lipinski definition) is 2. The van der Waals surface area contributed by atoms with Crippen LogP contribution in [-0.4, -0.2) is 55.2 Å². The zero-order valence-corrected chi connectivity index (χ0v) is 13.2. The maximum absolute atomic E-state index is 12.5. The van der Waals surface area contributed by atoms with E-state index in [0.717, 1.165) is 6.42 Å². The SMILES string of the molecule is NS(=O)(=O)CC1CCCN1C(=O)c1ccc(OCC(=O)O)cc1. The van der Waals surface area contributed by atoms with E-state index >= 15 is 0 Å². The van der Waals surface area contributed by atoms with Gasteiger partial charge < -0.3 is 14.7 Å². The number of primary sulfonamides is 1. The smallest absolute Gasteiger partial charge is 0.341 e. The highest BCUT2D eigenvalue weighted by atomic mass is 32.2. The van der Waals surface area contributed by atoms with Gasteiger partial charge in [0.05, 0.1) is 5.75 Å². The average molecular weight is 342 g/mol. The number of nitrogens with two attached hydrogens (primary N) is 1. The summed E-state index contributed by atoms with van der Waals surface area (Å²) in [5.41, 5.74) is 0.383. The number of carboxylic acids is 1. The molecule has 0 aromatic heterocycles. The van der Waals surface area contributed by atoms with Crippen LogP contribution < -0.4 is 9.88 Å². The molecule has 0 aliphatic carbocycles. The molecule has 1 unspecified atom stereocenters. The molecule has 1 heterocycles. The summed E-state index contributed by atoms with van der Waals surface area (Å²) in [7, 11) is -3.65. The Balaban J connectivity index is 2.05. The summed E-state index contributed by atoms with van der Waals surface area (Å²) in [6.07, 6.45) is 1.33. The van der Waals surface area contributed by atoms with Crippen LogP contribution in [0.5, 0.6) is 5.75 Å². The van der Waals surface area contributed by atoms with Gasteiger partial charge in [-0.2, -0.15) is 0 Å². The van der Waals surface area contributed by atoms with Gasteiger partial charge in [0.2, 0.25) is 10.0 Å². The van der Waals surface area contributed by atoms with Crippen LogP contribution in [0.25, 0.3) is 0 Å². The molecule has 0 saturated carbocycles. The van der Waals surface area contributed by atoms with E-state index in [2.05, 4.69) is 0 Å². The van der Waals surface area contributed by atoms with Crippen molar-refractivity contribution in [3.05, 3.63) is 29.8 Å². The minimum absolute atomic E-state index is 0.251. The lowest BCUT2D eigenvalue weighted by Gasteiger charge is -2.24. The molecule has 126 valence electrons. The number of aliphatic carboxylic acids is 1. The Hall–Kier alpha value is -2.13. The lowest BCUT2D eigenvalue weighted by Crippen LogP contribution is -2.41. The van der Waals surface area contributed by atoms with Gasteiger partial charge in [-0.3, -0.25) is 4.79 Å². The normalized spacial score (nSPS) is 18.0. The molecule has 1 amide bonds. The standard InChI is InChI=1S/C14H18N2O6S/c15-23(20,21)9-11-2-1-7-16(11)14(19)10-3-5-12(6-4-10)22-8-13(17)18/h3-6,11H,1-2,7-9H2,(H,17,18)(H2,15,20,21). The van der Waals surface area contributed by atoms with Crippen LogP contribution in [0.3, 0.4) is 0 Å². The Labute approximate surface area is 133 Å². The second-order valence-corrected chi connectivity index (χ2v) is 6.99. The third kappa shape index (κ3) is 4.93. The number of amides is 1. The summed E-state index contributed by atoms with van der Waals surface area (Å²) in [5, 5.41) is 13.6. The van der Waals surface area contributed by atoms with Crippen molar-refractivity contribution >= 4 is 21.9 Å². The molecule has 1 aromatic rings. The first-order valence-corrected chi connectivity index (χ1v) is 8.74. The predicted octanol–water partition coefficient (Wildman–Crippen LogP) is 0.0431. The van der Waals surface area contributed by atoms with Gasteiger partial charge in [-0.05, 0) is 37.1 Å². The fourth-order valence-electron chi connectivity index (χ4n) is 2.55. The van der Waals surface area contributed by atoms with E-state index in [4.69, 9.17) is 15.0 Å². The lowest BCUT2D eigenvalue weighted by molar-refractivity contribution is -0.139. The van der Waals surface area contributed by atoms with Crippen LogP contribution in [0.2, 0.25) is 0 Å². The van der Waals surface area contributed by atoms with E-state index in [1.165, 1.54) is 29.2 Å². The monoisotopic (exact) mass is 342 g/mol. The summed E-state index contributed by atoms with van der Waals surface area (Å²) in [4.78, 5) is 24.4. The first-order chi connectivity index (χ1) is 10.8. The van der Waals surface area contributed by atoms with E-state index in [-0.39, 0.29) is 11.7 Å². The number of likely N-dealkylation sites (tertiary alicyclic amines) is 1. The minimum atomic E-state index is -3.65. The first kappa shape index (κ1) is 17.2. The molecule has 23 heavy (non-hydrogen) atoms. The summed E-state index contributed by atoms with van der Waals surface area (Å²) in [6, 6.07) is 5.62. The van der Waals surface area contributed by atoms with Gasteiger partial charge in [0.25, 0.3) is 5.91 Å². The van der Waals surface area contributed by atoms with Crippen LogP contribution in [0.4, 0.5) is 0 Å². The van der Waals surface area contributed by atoms with Crippen molar-refractivity contribution in [2.24, 2.45) is 5.14 Å². The topological polar surface area (TPSA) is 127 Å². The summed E-state index contributed by atoms with van der Waals surface area (Å²) in [5.74, 6) is -1.28. The zero-order valence-electron chi connectivity index (χ0n) is 12.3. The Morgan fingerprint density at radius 2 is 1.96 bits per heavy atom. The Kier molecular flexibility index (Phi) is 5.22. The van der Waals surface area contributed by atoms with Gasteiger partial charge in [0.15, 0.2) is 6.61 Å². The van der Waals surface area contributed by atoms with E-state index in [1.807, 2.05) is 0 Å². The number of benzene rings is 1. The predicted molar refractivity (Wildman–Crippen MR) is 81.6 cm³/mol. The van der Waals surface area contributed by atoms with Gasteiger partial charge in [-0.1, -0.05) is 0 Å². The number of hydrogen-bond acceptors (Lipinski definition) is 5. The Morgan fingerprint density at radius 3 is 2.52 bits per heavy atom. The van der Waals surface area contributed by atoms with Gasteiger partial charge >= 0.3 is 5.97 Å². The number of carbonyl (C=O) groups is 2. The minimum Gasteiger partial charge on any atom is -0.482 e. The quantitative estimate of drug-likeness (QED) is 0.751. The van der Waals surface area contributed by atoms with E-state index in [0.29, 0.717) is 24.3 Å². The average Bonchev–Trinajstić information content (AvgIpc) is 2.90. The summed E-state index contributed by atoms with van der Waals surface area (Å²) < 4.78 is 27.5. The highest BCUT2D eigenvalue weighted by Crippen LogP contribution is 2.22. The van der Waals surface area contributed by atoms with Crippen molar-refractivity contribution in [2.75, 3.05) is 18.9 Å². The molecule has 1 aliphatic heterocycles. The van der Waals surface area contributed by atoms with Crippen molar-refractivity contribution in [1.82, 2.24) is 4.90 Å². The number of rotatable bonds is 6. The fraction of sp³-hybridized carbons (Fsp3) is 0.429. The number of nitrogens with zero attached hydrogens (tertiary/aromatic N) is 1. The molecule has 0 bridgehead atoms. The highest BCUT2D eigenvalue weighted by molar-refractivity contribution is 7.89. The van der Waals surface area contributed by atoms with Gasteiger partial charge in [0.1, 0.15) is 5.75 Å². The molecule has 3 N–H and O–H groups in total. The second kappa shape index (κ2) is 6.97. The maximum Gasteiger partial charge on any atom is 0.341 e. The third-order valence-electron chi connectivity index (χ3n) is 3.53. The van der Waals surface area contributed by atoms with E-state index < -0.39 is 28.6 Å². The number of ether oxygens (including phenoxy) is 1. The van der Waals surface area contributed by atoms with E-state index in [9.17, 15) is 18.0 Å². The third-order valence-corrected chi connectivity index (χ3v) is 4.38. The van der Waals surface area contributed by atoms with Crippen molar-refractivity contribution in [3.63, 3.8) is 0 Å². The molecule has 9 heteroatoms. The van der Waals surface area contributed by atoms with Crippen molar-refractivity contribution in [1.29, 1.82) is 0 Å². The highest BCUT2D eigenvalue weighted by Gasteiger charge is 2.31. The molecular formula is C14H18N2O6S. The van der Waals surface area contributed by atoms with Crippen LogP contribution >= 0.6 is 0 Å². The van der Waals surface area contributed by atoms with Gasteiger partial charge in [0, 0.05) is 18.2 Å². The summed E-state index contributed by atoms with van der Waals surface area (Å²) >= 11 is 0. The van der Waals surface area contributed by atoms with Crippen molar-refractivity contribution in [3.8, 4) is 5.75 Å². The molecule has 1 saturated heterocycles. The molecule has 8 nitrogen and oxygen atoms in total. The van der Waals surface area contributed by atoms with Crippen LogP contribution in [0, 0.1) is 0 Å². The molecule has 1 aliphatic rings. The van der Waals surface area contributed by atoms with Crippen LogP contribution in [-0.2, 0) is 14.8 Å². The number of sulfonamides is 1. The van der Waals surface area contributed by atoms with Crippen molar-refractivity contribution in [2.45, 2.75) is 18.9 Å². The van der Waals surface area contributed by atoms with Gasteiger partial charge in [-0.25, -0.2) is 18.4 Å². The second-order valence-electron chi connectivity index (χ2n) is 5.33. The largest absolute Gasteiger partial charge is 0.482 e. The van der Waals surface area contributed by atoms with E-state index in [1.54, 1.807) is 0 Å².